The molecule has 0 radical (unpaired) electrons. The number of aromatic nitrogens is 1. The number of aryl methyl sites for hydroxylation is 1. The van der Waals surface area contributed by atoms with Gasteiger partial charge in [-0.2, -0.15) is 0 Å². The van der Waals surface area contributed by atoms with Crippen molar-refractivity contribution in [3.05, 3.63) is 70.5 Å². The molecule has 3 rings (SSSR count). The van der Waals surface area contributed by atoms with E-state index in [4.69, 9.17) is 0 Å². The Hall–Kier alpha value is -2.73. The lowest BCUT2D eigenvalue weighted by Crippen LogP contribution is -2.11. The standard InChI is InChI=1S/C20H20FN3OS/c1-12(2)14-4-8-16(9-5-14)23-19(25)18-13(3)22-20(26-18)24-17-10-6-15(21)7-11-17/h4-12H,1-3H3,(H,22,24)(H,23,25). The Kier molecular flexibility index (Phi) is 5.32. The van der Waals surface area contributed by atoms with Crippen LogP contribution in [0.25, 0.3) is 0 Å². The number of amides is 1. The van der Waals surface area contributed by atoms with Gasteiger partial charge < -0.3 is 10.6 Å². The normalized spacial score (nSPS) is 10.8. The molecule has 6 heteroatoms. The third-order valence-electron chi connectivity index (χ3n) is 3.93. The van der Waals surface area contributed by atoms with Crippen molar-refractivity contribution in [3.8, 4) is 0 Å². The number of benzene rings is 2. The van der Waals surface area contributed by atoms with Crippen LogP contribution >= 0.6 is 11.3 Å². The molecule has 2 N–H and O–H groups in total. The molecule has 0 bridgehead atoms. The minimum atomic E-state index is -0.297. The van der Waals surface area contributed by atoms with Crippen molar-refractivity contribution in [1.82, 2.24) is 4.98 Å². The summed E-state index contributed by atoms with van der Waals surface area (Å²) in [6.07, 6.45) is 0. The molecule has 1 amide bonds. The highest BCUT2D eigenvalue weighted by atomic mass is 32.1. The maximum atomic E-state index is 13.0. The number of rotatable bonds is 5. The second-order valence-electron chi connectivity index (χ2n) is 6.30. The topological polar surface area (TPSA) is 54.0 Å². The molecular weight excluding hydrogens is 349 g/mol. The molecule has 2 aromatic carbocycles. The Morgan fingerprint density at radius 3 is 2.27 bits per heavy atom. The molecule has 0 fully saturated rings. The zero-order valence-corrected chi connectivity index (χ0v) is 15.7. The fraction of sp³-hybridized carbons (Fsp3) is 0.200. The monoisotopic (exact) mass is 369 g/mol. The highest BCUT2D eigenvalue weighted by Crippen LogP contribution is 2.27. The molecular formula is C20H20FN3OS. The first-order chi connectivity index (χ1) is 12.4. The van der Waals surface area contributed by atoms with Crippen molar-refractivity contribution in [3.63, 3.8) is 0 Å². The average molecular weight is 369 g/mol. The molecule has 3 aromatic rings. The first-order valence-corrected chi connectivity index (χ1v) is 9.15. The van der Waals surface area contributed by atoms with E-state index in [0.717, 1.165) is 11.4 Å². The van der Waals surface area contributed by atoms with Crippen LogP contribution in [-0.4, -0.2) is 10.9 Å². The van der Waals surface area contributed by atoms with Crippen LogP contribution in [0.3, 0.4) is 0 Å². The van der Waals surface area contributed by atoms with Crippen molar-refractivity contribution in [2.75, 3.05) is 10.6 Å². The summed E-state index contributed by atoms with van der Waals surface area (Å²) in [5, 5.41) is 6.59. The summed E-state index contributed by atoms with van der Waals surface area (Å²) in [5.41, 5.74) is 3.34. The van der Waals surface area contributed by atoms with Crippen LogP contribution in [-0.2, 0) is 0 Å². The second kappa shape index (κ2) is 7.66. The molecule has 4 nitrogen and oxygen atoms in total. The van der Waals surface area contributed by atoms with E-state index in [-0.39, 0.29) is 11.7 Å². The molecule has 0 saturated heterocycles. The van der Waals surface area contributed by atoms with E-state index in [1.54, 1.807) is 19.1 Å². The van der Waals surface area contributed by atoms with E-state index in [9.17, 15) is 9.18 Å². The van der Waals surface area contributed by atoms with Gasteiger partial charge in [-0.1, -0.05) is 37.3 Å². The fourth-order valence-electron chi connectivity index (χ4n) is 2.46. The first kappa shape index (κ1) is 18.1. The van der Waals surface area contributed by atoms with E-state index < -0.39 is 0 Å². The van der Waals surface area contributed by atoms with Crippen LogP contribution in [0, 0.1) is 12.7 Å². The Balaban J connectivity index is 1.71. The predicted octanol–water partition coefficient (Wildman–Crippen LogP) is 5.71. The Morgan fingerprint density at radius 2 is 1.65 bits per heavy atom. The minimum Gasteiger partial charge on any atom is -0.332 e. The first-order valence-electron chi connectivity index (χ1n) is 8.33. The van der Waals surface area contributed by atoms with Crippen LogP contribution in [0.15, 0.2) is 48.5 Å². The number of halogens is 1. The van der Waals surface area contributed by atoms with Gasteiger partial charge >= 0.3 is 0 Å². The van der Waals surface area contributed by atoms with Gasteiger partial charge in [0.2, 0.25) is 0 Å². The lowest BCUT2D eigenvalue weighted by atomic mass is 10.0. The highest BCUT2D eigenvalue weighted by Gasteiger charge is 2.16. The number of hydrogen-bond donors (Lipinski definition) is 2. The van der Waals surface area contributed by atoms with Crippen LogP contribution in [0.2, 0.25) is 0 Å². The van der Waals surface area contributed by atoms with Gasteiger partial charge in [0.25, 0.3) is 5.91 Å². The fourth-order valence-corrected chi connectivity index (χ4v) is 3.34. The van der Waals surface area contributed by atoms with Crippen LogP contribution < -0.4 is 10.6 Å². The van der Waals surface area contributed by atoms with E-state index in [1.165, 1.54) is 29.0 Å². The van der Waals surface area contributed by atoms with Crippen molar-refractivity contribution < 1.29 is 9.18 Å². The second-order valence-corrected chi connectivity index (χ2v) is 7.30. The number of carbonyl (C=O) groups is 1. The van der Waals surface area contributed by atoms with Crippen molar-refractivity contribution in [2.45, 2.75) is 26.7 Å². The number of hydrogen-bond acceptors (Lipinski definition) is 4. The van der Waals surface area contributed by atoms with E-state index in [0.29, 0.717) is 21.6 Å². The summed E-state index contributed by atoms with van der Waals surface area (Å²) in [7, 11) is 0. The third-order valence-corrected chi connectivity index (χ3v) is 5.01. The van der Waals surface area contributed by atoms with E-state index >= 15 is 0 Å². The van der Waals surface area contributed by atoms with Crippen LogP contribution in [0.4, 0.5) is 20.9 Å². The summed E-state index contributed by atoms with van der Waals surface area (Å²) in [4.78, 5) is 17.5. The Labute approximate surface area is 156 Å². The van der Waals surface area contributed by atoms with Gasteiger partial charge in [0.1, 0.15) is 10.7 Å². The zero-order chi connectivity index (χ0) is 18.7. The summed E-state index contributed by atoms with van der Waals surface area (Å²) < 4.78 is 13.0. The van der Waals surface area contributed by atoms with Gasteiger partial charge in [0.15, 0.2) is 5.13 Å². The largest absolute Gasteiger partial charge is 0.332 e. The summed E-state index contributed by atoms with van der Waals surface area (Å²) >= 11 is 1.27. The van der Waals surface area contributed by atoms with Gasteiger partial charge in [-0.25, -0.2) is 9.37 Å². The number of nitrogens with zero attached hydrogens (tertiary/aromatic N) is 1. The molecule has 26 heavy (non-hydrogen) atoms. The molecule has 1 heterocycles. The molecule has 0 aliphatic heterocycles. The summed E-state index contributed by atoms with van der Waals surface area (Å²) in [6, 6.07) is 13.8. The molecule has 1 aromatic heterocycles. The molecule has 0 atom stereocenters. The zero-order valence-electron chi connectivity index (χ0n) is 14.8. The SMILES string of the molecule is Cc1nc(Nc2ccc(F)cc2)sc1C(=O)Nc1ccc(C(C)C)cc1. The van der Waals surface area contributed by atoms with Crippen molar-refractivity contribution >= 4 is 33.8 Å². The smallest absolute Gasteiger partial charge is 0.267 e. The van der Waals surface area contributed by atoms with Gasteiger partial charge in [-0.3, -0.25) is 4.79 Å². The molecule has 0 spiro atoms. The highest BCUT2D eigenvalue weighted by molar-refractivity contribution is 7.17. The lowest BCUT2D eigenvalue weighted by Gasteiger charge is -2.08. The third kappa shape index (κ3) is 4.26. The average Bonchev–Trinajstić information content (AvgIpc) is 2.98. The number of thiazole rings is 1. The molecule has 0 aliphatic carbocycles. The quantitative estimate of drug-likeness (QED) is 0.606. The summed E-state index contributed by atoms with van der Waals surface area (Å²) in [5.74, 6) is -0.0394. The molecule has 134 valence electrons. The number of carbonyl (C=O) groups excluding carboxylic acids is 1. The van der Waals surface area contributed by atoms with Gasteiger partial charge in [-0.05, 0) is 54.8 Å². The lowest BCUT2D eigenvalue weighted by molar-refractivity contribution is 0.103. The van der Waals surface area contributed by atoms with Crippen molar-refractivity contribution in [2.24, 2.45) is 0 Å². The maximum absolute atomic E-state index is 13.0. The maximum Gasteiger partial charge on any atom is 0.267 e. The molecule has 0 unspecified atom stereocenters. The molecule has 0 aliphatic rings. The minimum absolute atomic E-state index is 0.190. The predicted molar refractivity (Wildman–Crippen MR) is 105 cm³/mol. The van der Waals surface area contributed by atoms with E-state index in [2.05, 4.69) is 29.5 Å². The van der Waals surface area contributed by atoms with Gasteiger partial charge in [0.05, 0.1) is 5.69 Å². The van der Waals surface area contributed by atoms with Gasteiger partial charge in [0, 0.05) is 11.4 Å². The summed E-state index contributed by atoms with van der Waals surface area (Å²) in [6.45, 7) is 6.05. The van der Waals surface area contributed by atoms with Crippen molar-refractivity contribution in [1.29, 1.82) is 0 Å². The van der Waals surface area contributed by atoms with Gasteiger partial charge in [-0.15, -0.1) is 0 Å². The van der Waals surface area contributed by atoms with Crippen LogP contribution in [0.5, 0.6) is 0 Å². The number of anilines is 3. The Morgan fingerprint density at radius 1 is 1.04 bits per heavy atom. The van der Waals surface area contributed by atoms with Crippen LogP contribution in [0.1, 0.15) is 40.7 Å². The Bertz CT molecular complexity index is 902. The van der Waals surface area contributed by atoms with E-state index in [1.807, 2.05) is 24.3 Å². The molecule has 0 saturated carbocycles. The number of nitrogens with one attached hydrogen (secondary N) is 2.